The zero-order valence-corrected chi connectivity index (χ0v) is 23.2. The molecule has 8 nitrogen and oxygen atoms in total. The third-order valence-electron chi connectivity index (χ3n) is 7.44. The number of nitrogens with zero attached hydrogens (tertiary/aromatic N) is 4. The van der Waals surface area contributed by atoms with Gasteiger partial charge in [0, 0.05) is 37.2 Å². The number of carbonyl (C=O) groups excluding carboxylic acids is 2. The average Bonchev–Trinajstić information content (AvgIpc) is 3.30. The summed E-state index contributed by atoms with van der Waals surface area (Å²) in [6, 6.07) is 22.0. The van der Waals surface area contributed by atoms with Crippen molar-refractivity contribution in [2.75, 3.05) is 13.6 Å². The maximum Gasteiger partial charge on any atom is 0.295 e. The van der Waals surface area contributed by atoms with Crippen LogP contribution in [-0.4, -0.2) is 44.9 Å². The first kappa shape index (κ1) is 27.0. The lowest BCUT2D eigenvalue weighted by Crippen LogP contribution is -2.29. The minimum absolute atomic E-state index is 0.0268. The predicted molar refractivity (Wildman–Crippen MR) is 154 cm³/mol. The molecule has 1 aliphatic carbocycles. The molecular formula is C32H32N4O4. The predicted octanol–water partition coefficient (Wildman–Crippen LogP) is 6.23. The van der Waals surface area contributed by atoms with Gasteiger partial charge in [-0.2, -0.15) is 5.10 Å². The fraction of sp³-hybridized carbons (Fsp3) is 0.281. The summed E-state index contributed by atoms with van der Waals surface area (Å²) in [5.41, 5.74) is 4.63. The van der Waals surface area contributed by atoms with Crippen molar-refractivity contribution >= 4 is 17.4 Å². The summed E-state index contributed by atoms with van der Waals surface area (Å²) in [5.74, 6) is -0.327. The molecule has 0 unspecified atom stereocenters. The number of hydrogen-bond acceptors (Lipinski definition) is 5. The van der Waals surface area contributed by atoms with Crippen LogP contribution < -0.4 is 0 Å². The van der Waals surface area contributed by atoms with Crippen molar-refractivity contribution in [3.8, 4) is 16.9 Å². The van der Waals surface area contributed by atoms with E-state index in [1.165, 1.54) is 16.3 Å². The number of nitro groups is 1. The molecule has 0 spiro atoms. The van der Waals surface area contributed by atoms with Crippen molar-refractivity contribution < 1.29 is 14.5 Å². The Morgan fingerprint density at radius 2 is 1.75 bits per heavy atom. The van der Waals surface area contributed by atoms with Crippen LogP contribution in [0.1, 0.15) is 57.8 Å². The Kier molecular flexibility index (Phi) is 7.10. The van der Waals surface area contributed by atoms with Gasteiger partial charge in [0.15, 0.2) is 5.78 Å². The normalized spacial score (nSPS) is 14.1. The minimum atomic E-state index is -0.496. The van der Waals surface area contributed by atoms with Gasteiger partial charge < -0.3 is 4.90 Å². The van der Waals surface area contributed by atoms with E-state index in [4.69, 9.17) is 5.10 Å². The van der Waals surface area contributed by atoms with Gasteiger partial charge in [-0.25, -0.2) is 4.68 Å². The molecule has 0 N–H and O–H groups in total. The summed E-state index contributed by atoms with van der Waals surface area (Å²) in [7, 11) is 1.69. The van der Waals surface area contributed by atoms with E-state index in [1.54, 1.807) is 24.1 Å². The highest BCUT2D eigenvalue weighted by Crippen LogP contribution is 2.41. The van der Waals surface area contributed by atoms with Crippen LogP contribution in [0.25, 0.3) is 16.9 Å². The Labute approximate surface area is 233 Å². The van der Waals surface area contributed by atoms with Gasteiger partial charge in [-0.1, -0.05) is 74.0 Å². The number of likely N-dealkylation sites (N-methyl/N-ethyl adjacent to an activating group) is 1. The highest BCUT2D eigenvalue weighted by atomic mass is 16.6. The molecule has 1 heterocycles. The monoisotopic (exact) mass is 536 g/mol. The lowest BCUT2D eigenvalue weighted by molar-refractivity contribution is -0.384. The van der Waals surface area contributed by atoms with Crippen LogP contribution in [0.2, 0.25) is 0 Å². The van der Waals surface area contributed by atoms with Gasteiger partial charge in [-0.05, 0) is 42.9 Å². The van der Waals surface area contributed by atoms with Crippen LogP contribution in [0.15, 0.2) is 72.8 Å². The molecule has 0 saturated heterocycles. The Morgan fingerprint density at radius 3 is 2.42 bits per heavy atom. The lowest BCUT2D eigenvalue weighted by Gasteiger charge is -2.29. The van der Waals surface area contributed by atoms with Gasteiger partial charge >= 0.3 is 0 Å². The Morgan fingerprint density at radius 1 is 1.05 bits per heavy atom. The van der Waals surface area contributed by atoms with Crippen LogP contribution >= 0.6 is 0 Å². The third-order valence-corrected chi connectivity index (χ3v) is 7.44. The van der Waals surface area contributed by atoms with Crippen molar-refractivity contribution in [2.45, 2.75) is 40.0 Å². The zero-order chi connectivity index (χ0) is 28.6. The second-order valence-electron chi connectivity index (χ2n) is 11.3. The molecule has 0 fully saturated rings. The Bertz CT molecular complexity index is 1600. The molecule has 40 heavy (non-hydrogen) atoms. The van der Waals surface area contributed by atoms with Crippen molar-refractivity contribution in [2.24, 2.45) is 5.41 Å². The molecule has 0 saturated carbocycles. The van der Waals surface area contributed by atoms with E-state index in [1.807, 2.05) is 75.4 Å². The van der Waals surface area contributed by atoms with Crippen LogP contribution in [0.5, 0.6) is 0 Å². The van der Waals surface area contributed by atoms with Gasteiger partial charge in [-0.15, -0.1) is 0 Å². The second kappa shape index (κ2) is 10.5. The highest BCUT2D eigenvalue weighted by molar-refractivity contribution is 6.04. The smallest absolute Gasteiger partial charge is 0.295 e. The van der Waals surface area contributed by atoms with Crippen LogP contribution in [0.4, 0.5) is 5.69 Å². The van der Waals surface area contributed by atoms with Crippen molar-refractivity contribution in [3.63, 3.8) is 0 Å². The summed E-state index contributed by atoms with van der Waals surface area (Å²) >= 11 is 0. The van der Waals surface area contributed by atoms with Crippen LogP contribution in [0.3, 0.4) is 0 Å². The highest BCUT2D eigenvalue weighted by Gasteiger charge is 2.38. The first-order chi connectivity index (χ1) is 19.0. The fourth-order valence-corrected chi connectivity index (χ4v) is 5.30. The van der Waals surface area contributed by atoms with Crippen molar-refractivity contribution in [3.05, 3.63) is 111 Å². The number of nitro benzene ring substituents is 1. The number of aryl methyl sites for hydroxylation is 1. The van der Waals surface area contributed by atoms with Gasteiger partial charge in [-0.3, -0.25) is 19.7 Å². The molecular weight excluding hydrogens is 504 g/mol. The van der Waals surface area contributed by atoms with Gasteiger partial charge in [0.25, 0.3) is 11.6 Å². The number of rotatable bonds is 7. The molecule has 8 heteroatoms. The number of amides is 1. The zero-order valence-electron chi connectivity index (χ0n) is 23.2. The second-order valence-corrected chi connectivity index (χ2v) is 11.3. The lowest BCUT2D eigenvalue weighted by atomic mass is 9.75. The van der Waals surface area contributed by atoms with E-state index in [-0.39, 0.29) is 34.0 Å². The number of ketones is 1. The molecule has 1 aromatic heterocycles. The number of Topliss-reactive ketones (excluding diaryl/α,β-unsaturated/α-hetero) is 1. The molecule has 0 bridgehead atoms. The van der Waals surface area contributed by atoms with Gasteiger partial charge in [0.05, 0.1) is 16.2 Å². The molecule has 4 aromatic rings. The summed E-state index contributed by atoms with van der Waals surface area (Å²) in [6.45, 7) is 6.52. The Balaban J connectivity index is 1.52. The first-order valence-corrected chi connectivity index (χ1v) is 13.3. The van der Waals surface area contributed by atoms with E-state index >= 15 is 0 Å². The van der Waals surface area contributed by atoms with E-state index in [0.717, 1.165) is 11.1 Å². The maximum atomic E-state index is 13.3. The van der Waals surface area contributed by atoms with E-state index in [9.17, 15) is 19.7 Å². The molecule has 5 rings (SSSR count). The fourth-order valence-electron chi connectivity index (χ4n) is 5.30. The first-order valence-electron chi connectivity index (χ1n) is 13.3. The van der Waals surface area contributed by atoms with Gasteiger partial charge in [0.1, 0.15) is 11.4 Å². The number of hydrogen-bond donors (Lipinski definition) is 0. The third kappa shape index (κ3) is 5.30. The number of benzene rings is 3. The molecule has 204 valence electrons. The summed E-state index contributed by atoms with van der Waals surface area (Å²) in [6.07, 6.45) is 1.58. The molecule has 1 aliphatic rings. The quantitative estimate of drug-likeness (QED) is 0.206. The van der Waals surface area contributed by atoms with E-state index < -0.39 is 4.92 Å². The average molecular weight is 537 g/mol. The molecule has 0 atom stereocenters. The van der Waals surface area contributed by atoms with Crippen molar-refractivity contribution in [1.82, 2.24) is 14.7 Å². The van der Waals surface area contributed by atoms with Crippen LogP contribution in [-0.2, 0) is 12.8 Å². The number of aromatic nitrogens is 2. The van der Waals surface area contributed by atoms with E-state index in [2.05, 4.69) is 0 Å². The molecule has 3 aromatic carbocycles. The van der Waals surface area contributed by atoms with Crippen molar-refractivity contribution in [1.29, 1.82) is 0 Å². The molecule has 1 amide bonds. The van der Waals surface area contributed by atoms with Crippen LogP contribution in [0, 0.1) is 22.5 Å². The maximum absolute atomic E-state index is 13.3. The minimum Gasteiger partial charge on any atom is -0.341 e. The number of fused-ring (bicyclic) bond motifs is 1. The van der Waals surface area contributed by atoms with Gasteiger partial charge in [0.2, 0.25) is 0 Å². The molecule has 0 aliphatic heterocycles. The molecule has 0 radical (unpaired) electrons. The summed E-state index contributed by atoms with van der Waals surface area (Å²) in [4.78, 5) is 39.9. The Hall–Kier alpha value is -4.59. The SMILES string of the molecule is Cc1ccc(CCN(C)C(=O)c2ccc(-n3nc(-c4ccccc4)c4c3CC(C)(C)CC4=O)c([N+](=O)[O-])c2)cc1. The summed E-state index contributed by atoms with van der Waals surface area (Å²) < 4.78 is 1.53. The number of carbonyl (C=O) groups is 2. The summed E-state index contributed by atoms with van der Waals surface area (Å²) in [5, 5.41) is 17.1. The topological polar surface area (TPSA) is 98.3 Å². The standard InChI is InChI=1S/C32H32N4O4/c1-21-10-12-22(13-11-21)16-17-34(4)31(38)24-14-15-25(26(18-24)36(39)40)35-27-19-32(2,3)20-28(37)29(27)30(33-35)23-8-6-5-7-9-23/h5-15,18H,16-17,19-20H2,1-4H3. The largest absolute Gasteiger partial charge is 0.341 e. The van der Waals surface area contributed by atoms with E-state index in [0.29, 0.717) is 42.8 Å².